The third kappa shape index (κ3) is 3.56. The number of hydrogen-bond donors (Lipinski definition) is 0. The van der Waals surface area contributed by atoms with Gasteiger partial charge in [0.25, 0.3) is 0 Å². The smallest absolute Gasteiger partial charge is 0.534 e. The van der Waals surface area contributed by atoms with E-state index >= 15 is 0 Å². The second-order valence-corrected chi connectivity index (χ2v) is 6.19. The lowest BCUT2D eigenvalue weighted by Gasteiger charge is -2.15. The van der Waals surface area contributed by atoms with Crippen molar-refractivity contribution in [2.45, 2.75) is 33.0 Å². The van der Waals surface area contributed by atoms with Gasteiger partial charge in [0.15, 0.2) is 0 Å². The van der Waals surface area contributed by atoms with Gasteiger partial charge in [0.2, 0.25) is 0 Å². The van der Waals surface area contributed by atoms with Crippen molar-refractivity contribution in [2.75, 3.05) is 0 Å². The Labute approximate surface area is 137 Å². The number of pyridine rings is 1. The summed E-state index contributed by atoms with van der Waals surface area (Å²) in [6, 6.07) is 11.7. The average molecular weight is 309 g/mol. The molecule has 1 aliphatic rings. The molecular formula is C18H20BNO3. The van der Waals surface area contributed by atoms with Crippen LogP contribution in [0.3, 0.4) is 0 Å². The van der Waals surface area contributed by atoms with E-state index in [0.29, 0.717) is 12.4 Å². The number of aryl methyl sites for hydroxylation is 1. The van der Waals surface area contributed by atoms with Gasteiger partial charge in [-0.25, -0.2) is 0 Å². The first-order valence-corrected chi connectivity index (χ1v) is 7.62. The zero-order valence-electron chi connectivity index (χ0n) is 13.7. The minimum absolute atomic E-state index is 0.412. The fourth-order valence-electron chi connectivity index (χ4n) is 2.23. The Bertz CT molecular complexity index is 695. The molecule has 2 heterocycles. The van der Waals surface area contributed by atoms with E-state index < -0.39 is 12.7 Å². The van der Waals surface area contributed by atoms with Crippen LogP contribution in [0.4, 0.5) is 0 Å². The van der Waals surface area contributed by atoms with E-state index in [1.54, 1.807) is 0 Å². The largest absolute Gasteiger partial charge is 0.563 e. The number of ether oxygens (including phenoxy) is 1. The summed E-state index contributed by atoms with van der Waals surface area (Å²) in [5.74, 6) is 1.43. The molecule has 1 aromatic heterocycles. The highest BCUT2D eigenvalue weighted by Crippen LogP contribution is 2.29. The highest BCUT2D eigenvalue weighted by Gasteiger charge is 2.42. The first-order valence-electron chi connectivity index (χ1n) is 7.62. The fourth-order valence-corrected chi connectivity index (χ4v) is 2.23. The van der Waals surface area contributed by atoms with Gasteiger partial charge in [-0.15, -0.1) is 0 Å². The van der Waals surface area contributed by atoms with Crippen LogP contribution in [0.5, 0.6) is 5.75 Å². The SMILES string of the molecule is C=C1OB(c2ccc(OCc3ccc(C)cn3)cc2)OC1(C)C. The molecule has 0 aliphatic carbocycles. The molecule has 1 aromatic carbocycles. The van der Waals surface area contributed by atoms with Crippen LogP contribution in [0, 0.1) is 6.92 Å². The predicted octanol–water partition coefficient (Wildman–Crippen LogP) is 3.00. The zero-order valence-corrected chi connectivity index (χ0v) is 13.7. The van der Waals surface area contributed by atoms with Crippen LogP contribution in [-0.2, 0) is 15.9 Å². The van der Waals surface area contributed by atoms with Gasteiger partial charge in [0, 0.05) is 6.20 Å². The molecule has 0 radical (unpaired) electrons. The molecule has 0 bridgehead atoms. The monoisotopic (exact) mass is 309 g/mol. The summed E-state index contributed by atoms with van der Waals surface area (Å²) in [5, 5.41) is 0. The lowest BCUT2D eigenvalue weighted by atomic mass is 9.79. The molecule has 1 fully saturated rings. The Morgan fingerprint density at radius 2 is 1.91 bits per heavy atom. The van der Waals surface area contributed by atoms with Crippen molar-refractivity contribution in [2.24, 2.45) is 0 Å². The molecule has 3 rings (SSSR count). The molecule has 1 saturated heterocycles. The number of rotatable bonds is 4. The second kappa shape index (κ2) is 6.09. The second-order valence-electron chi connectivity index (χ2n) is 6.19. The molecule has 0 N–H and O–H groups in total. The lowest BCUT2D eigenvalue weighted by molar-refractivity contribution is 0.173. The molecule has 0 unspecified atom stereocenters. The maximum absolute atomic E-state index is 5.85. The number of aromatic nitrogens is 1. The number of nitrogens with zero attached hydrogens (tertiary/aromatic N) is 1. The summed E-state index contributed by atoms with van der Waals surface area (Å²) in [4.78, 5) is 4.32. The molecule has 0 amide bonds. The first kappa shape index (κ1) is 15.6. The summed E-state index contributed by atoms with van der Waals surface area (Å²) >= 11 is 0. The Balaban J connectivity index is 1.61. The quantitative estimate of drug-likeness (QED) is 0.814. The standard InChI is InChI=1S/C18H20BNO3/c1-13-5-8-16(20-11-13)12-21-17-9-6-15(7-10-17)19-22-14(2)18(3,4)23-19/h5-11H,2,12H2,1,3-4H3. The third-order valence-corrected chi connectivity index (χ3v) is 3.83. The van der Waals surface area contributed by atoms with E-state index in [9.17, 15) is 0 Å². The van der Waals surface area contributed by atoms with Gasteiger partial charge in [-0.05, 0) is 50.0 Å². The first-order chi connectivity index (χ1) is 10.9. The summed E-state index contributed by atoms with van der Waals surface area (Å²) in [6.45, 7) is 10.2. The fraction of sp³-hybridized carbons (Fsp3) is 0.278. The predicted molar refractivity (Wildman–Crippen MR) is 90.5 cm³/mol. The van der Waals surface area contributed by atoms with E-state index in [1.165, 1.54) is 0 Å². The highest BCUT2D eigenvalue weighted by atomic mass is 16.7. The molecule has 1 aliphatic heterocycles. The molecule has 5 heteroatoms. The van der Waals surface area contributed by atoms with Gasteiger partial charge in [-0.3, -0.25) is 4.98 Å². The van der Waals surface area contributed by atoms with E-state index in [1.807, 2.05) is 63.4 Å². The van der Waals surface area contributed by atoms with Crippen LogP contribution in [0.25, 0.3) is 0 Å². The van der Waals surface area contributed by atoms with Gasteiger partial charge in [-0.1, -0.05) is 24.8 Å². The van der Waals surface area contributed by atoms with Crippen molar-refractivity contribution in [3.05, 3.63) is 66.2 Å². The maximum atomic E-state index is 5.85. The van der Waals surface area contributed by atoms with Crippen LogP contribution in [0.2, 0.25) is 0 Å². The molecule has 23 heavy (non-hydrogen) atoms. The van der Waals surface area contributed by atoms with Crippen molar-refractivity contribution in [3.63, 3.8) is 0 Å². The molecule has 0 atom stereocenters. The van der Waals surface area contributed by atoms with Gasteiger partial charge < -0.3 is 14.0 Å². The summed E-state index contributed by atoms with van der Waals surface area (Å²) in [6.07, 6.45) is 1.84. The summed E-state index contributed by atoms with van der Waals surface area (Å²) < 4.78 is 17.3. The van der Waals surface area contributed by atoms with Crippen LogP contribution in [-0.4, -0.2) is 17.7 Å². The molecule has 2 aromatic rings. The number of hydrogen-bond acceptors (Lipinski definition) is 4. The van der Waals surface area contributed by atoms with Crippen molar-refractivity contribution in [3.8, 4) is 5.75 Å². The molecule has 0 spiro atoms. The molecular weight excluding hydrogens is 289 g/mol. The Hall–Kier alpha value is -2.27. The van der Waals surface area contributed by atoms with Gasteiger partial charge in [0.1, 0.15) is 18.0 Å². The van der Waals surface area contributed by atoms with Crippen molar-refractivity contribution in [1.29, 1.82) is 0 Å². The average Bonchev–Trinajstić information content (AvgIpc) is 2.81. The van der Waals surface area contributed by atoms with E-state index in [4.69, 9.17) is 14.0 Å². The van der Waals surface area contributed by atoms with Gasteiger partial charge >= 0.3 is 7.12 Å². The minimum Gasteiger partial charge on any atom is -0.534 e. The molecule has 118 valence electrons. The van der Waals surface area contributed by atoms with Crippen LogP contribution in [0.15, 0.2) is 54.9 Å². The molecule has 4 nitrogen and oxygen atoms in total. The lowest BCUT2D eigenvalue weighted by Crippen LogP contribution is -2.34. The van der Waals surface area contributed by atoms with Crippen LogP contribution in [0.1, 0.15) is 25.1 Å². The minimum atomic E-state index is -0.461. The zero-order chi connectivity index (χ0) is 16.4. The van der Waals surface area contributed by atoms with E-state index in [0.717, 1.165) is 22.5 Å². The highest BCUT2D eigenvalue weighted by molar-refractivity contribution is 6.62. The Morgan fingerprint density at radius 3 is 2.48 bits per heavy atom. The number of benzene rings is 1. The summed E-state index contributed by atoms with van der Waals surface area (Å²) in [5.41, 5.74) is 2.52. The molecule has 0 saturated carbocycles. The maximum Gasteiger partial charge on any atom is 0.563 e. The van der Waals surface area contributed by atoms with Crippen molar-refractivity contribution >= 4 is 12.6 Å². The van der Waals surface area contributed by atoms with Gasteiger partial charge in [-0.2, -0.15) is 0 Å². The van der Waals surface area contributed by atoms with Crippen molar-refractivity contribution < 1.29 is 14.0 Å². The normalized spacial score (nSPS) is 16.3. The van der Waals surface area contributed by atoms with Gasteiger partial charge in [0.05, 0.1) is 11.5 Å². The van der Waals surface area contributed by atoms with Crippen molar-refractivity contribution in [1.82, 2.24) is 4.98 Å². The Morgan fingerprint density at radius 1 is 1.17 bits per heavy atom. The van der Waals surface area contributed by atoms with Crippen LogP contribution >= 0.6 is 0 Å². The summed E-state index contributed by atoms with van der Waals surface area (Å²) in [7, 11) is -0.412. The van der Waals surface area contributed by atoms with Crippen LogP contribution < -0.4 is 10.2 Å². The Kier molecular flexibility index (Phi) is 4.13. The third-order valence-electron chi connectivity index (χ3n) is 3.83. The topological polar surface area (TPSA) is 40.6 Å². The van der Waals surface area contributed by atoms with E-state index in [-0.39, 0.29) is 0 Å². The van der Waals surface area contributed by atoms with E-state index in [2.05, 4.69) is 11.6 Å².